The van der Waals surface area contributed by atoms with E-state index < -0.39 is 28.3 Å². The Morgan fingerprint density at radius 2 is 1.58 bits per heavy atom. The van der Waals surface area contributed by atoms with E-state index in [1.165, 1.54) is 47.3 Å². The Hall–Kier alpha value is -4.47. The molecule has 4 aromatic rings. The number of nitrogens with one attached hydrogen (secondary N) is 1. The summed E-state index contributed by atoms with van der Waals surface area (Å²) in [5, 5.41) is 17.7. The van der Waals surface area contributed by atoms with Crippen molar-refractivity contribution < 1.29 is 22.9 Å². The number of aromatic nitrogens is 2. The van der Waals surface area contributed by atoms with E-state index in [1.54, 1.807) is 30.3 Å². The average Bonchev–Trinajstić information content (AvgIpc) is 3.25. The molecule has 0 atom stereocenters. The zero-order valence-corrected chi connectivity index (χ0v) is 16.8. The molecule has 0 aliphatic heterocycles. The normalized spacial score (nSPS) is 11.2. The van der Waals surface area contributed by atoms with Crippen molar-refractivity contribution in [2.24, 2.45) is 0 Å². The quantitative estimate of drug-likeness (QED) is 0.310. The maximum Gasteiger partial charge on any atom is 0.418 e. The second-order valence-corrected chi connectivity index (χ2v) is 6.97. The van der Waals surface area contributed by atoms with Crippen molar-refractivity contribution in [2.75, 3.05) is 5.32 Å². The highest BCUT2D eigenvalue weighted by atomic mass is 19.4. The molecule has 3 aromatic carbocycles. The Bertz CT molecular complexity index is 1320. The van der Waals surface area contributed by atoms with Crippen LogP contribution in [0.4, 0.5) is 24.5 Å². The third kappa shape index (κ3) is 4.59. The number of amides is 1. The predicted octanol–water partition coefficient (Wildman–Crippen LogP) is 5.72. The molecule has 0 saturated carbocycles. The lowest BCUT2D eigenvalue weighted by Gasteiger charge is -2.13. The van der Waals surface area contributed by atoms with Gasteiger partial charge in [-0.25, -0.2) is 4.68 Å². The Balaban J connectivity index is 1.78. The number of anilines is 1. The van der Waals surface area contributed by atoms with Crippen molar-refractivity contribution in [3.63, 3.8) is 0 Å². The van der Waals surface area contributed by atoms with Crippen LogP contribution in [-0.2, 0) is 6.18 Å². The number of hydrogen-bond acceptors (Lipinski definition) is 4. The molecule has 166 valence electrons. The molecule has 0 saturated heterocycles. The minimum Gasteiger partial charge on any atom is -0.321 e. The standard InChI is InChI=1S/C23H15F3N4O3/c24-23(25,26)19-8-4-5-9-20(19)27-22(31)18-14-29(16-6-2-1-3-7-16)28-21(18)15-10-12-17(13-11-15)30(32)33/h1-14H,(H,27,31). The Morgan fingerprint density at radius 3 is 2.21 bits per heavy atom. The summed E-state index contributed by atoms with van der Waals surface area (Å²) in [5.41, 5.74) is -0.338. The fraction of sp³-hybridized carbons (Fsp3) is 0.0435. The molecule has 1 amide bonds. The lowest BCUT2D eigenvalue weighted by Crippen LogP contribution is -2.16. The largest absolute Gasteiger partial charge is 0.418 e. The zero-order chi connectivity index (χ0) is 23.6. The number of alkyl halides is 3. The van der Waals surface area contributed by atoms with E-state index in [-0.39, 0.29) is 16.9 Å². The number of carbonyl (C=O) groups is 1. The van der Waals surface area contributed by atoms with Gasteiger partial charge in [0, 0.05) is 23.9 Å². The van der Waals surface area contributed by atoms with Crippen LogP contribution in [-0.4, -0.2) is 20.6 Å². The number of para-hydroxylation sites is 2. The van der Waals surface area contributed by atoms with Gasteiger partial charge in [-0.2, -0.15) is 18.3 Å². The van der Waals surface area contributed by atoms with E-state index in [0.29, 0.717) is 11.3 Å². The summed E-state index contributed by atoms with van der Waals surface area (Å²) in [5.74, 6) is -0.803. The lowest BCUT2D eigenvalue weighted by atomic mass is 10.1. The van der Waals surface area contributed by atoms with Crippen molar-refractivity contribution in [2.45, 2.75) is 6.18 Å². The number of nitro benzene ring substituents is 1. The van der Waals surface area contributed by atoms with Crippen LogP contribution in [0.3, 0.4) is 0 Å². The molecule has 7 nitrogen and oxygen atoms in total. The van der Waals surface area contributed by atoms with Gasteiger partial charge in [-0.05, 0) is 36.4 Å². The molecule has 1 aromatic heterocycles. The smallest absolute Gasteiger partial charge is 0.321 e. The van der Waals surface area contributed by atoms with E-state index in [1.807, 2.05) is 0 Å². The Labute approximate surface area is 185 Å². The maximum absolute atomic E-state index is 13.4. The molecule has 1 N–H and O–H groups in total. The summed E-state index contributed by atoms with van der Waals surface area (Å²) in [6.45, 7) is 0. The molecule has 0 aliphatic carbocycles. The van der Waals surface area contributed by atoms with E-state index >= 15 is 0 Å². The van der Waals surface area contributed by atoms with Crippen molar-refractivity contribution >= 4 is 17.3 Å². The fourth-order valence-electron chi connectivity index (χ4n) is 3.24. The highest BCUT2D eigenvalue weighted by molar-refractivity contribution is 6.08. The third-order valence-electron chi connectivity index (χ3n) is 4.81. The monoisotopic (exact) mass is 452 g/mol. The molecule has 10 heteroatoms. The van der Waals surface area contributed by atoms with Gasteiger partial charge in [0.2, 0.25) is 0 Å². The Kier molecular flexibility index (Phi) is 5.65. The van der Waals surface area contributed by atoms with Gasteiger partial charge in [-0.3, -0.25) is 14.9 Å². The molecular weight excluding hydrogens is 437 g/mol. The number of rotatable bonds is 5. The summed E-state index contributed by atoms with van der Waals surface area (Å²) in [6.07, 6.45) is -3.25. The number of benzene rings is 3. The first-order chi connectivity index (χ1) is 15.7. The van der Waals surface area contributed by atoms with Crippen LogP contribution in [0, 0.1) is 10.1 Å². The molecule has 0 spiro atoms. The lowest BCUT2D eigenvalue weighted by molar-refractivity contribution is -0.384. The van der Waals surface area contributed by atoms with Crippen LogP contribution in [0.25, 0.3) is 16.9 Å². The second kappa shape index (κ2) is 8.58. The van der Waals surface area contributed by atoms with Gasteiger partial charge in [-0.1, -0.05) is 30.3 Å². The summed E-state index contributed by atoms with van der Waals surface area (Å²) in [6, 6.07) is 18.8. The van der Waals surface area contributed by atoms with Crippen LogP contribution in [0.2, 0.25) is 0 Å². The molecule has 0 fully saturated rings. The van der Waals surface area contributed by atoms with Gasteiger partial charge in [0.1, 0.15) is 5.69 Å². The molecule has 1 heterocycles. The van der Waals surface area contributed by atoms with E-state index in [2.05, 4.69) is 10.4 Å². The van der Waals surface area contributed by atoms with Crippen LogP contribution in [0.15, 0.2) is 85.1 Å². The van der Waals surface area contributed by atoms with Crippen molar-refractivity contribution in [1.82, 2.24) is 9.78 Å². The minimum atomic E-state index is -4.65. The molecular formula is C23H15F3N4O3. The number of halogens is 3. The van der Waals surface area contributed by atoms with Crippen LogP contribution >= 0.6 is 0 Å². The first kappa shape index (κ1) is 21.8. The topological polar surface area (TPSA) is 90.1 Å². The molecule has 4 rings (SSSR count). The summed E-state index contributed by atoms with van der Waals surface area (Å²) < 4.78 is 41.5. The summed E-state index contributed by atoms with van der Waals surface area (Å²) in [7, 11) is 0. The van der Waals surface area contributed by atoms with E-state index in [9.17, 15) is 28.1 Å². The number of non-ortho nitro benzene ring substituents is 1. The SMILES string of the molecule is O=C(Nc1ccccc1C(F)(F)F)c1cn(-c2ccccc2)nc1-c1ccc([N+](=O)[O-])cc1. The van der Waals surface area contributed by atoms with Gasteiger partial charge in [0.05, 0.1) is 27.4 Å². The van der Waals surface area contributed by atoms with Crippen LogP contribution in [0.5, 0.6) is 0 Å². The van der Waals surface area contributed by atoms with Gasteiger partial charge in [-0.15, -0.1) is 0 Å². The summed E-state index contributed by atoms with van der Waals surface area (Å²) >= 11 is 0. The number of hydrogen-bond donors (Lipinski definition) is 1. The second-order valence-electron chi connectivity index (χ2n) is 6.97. The average molecular weight is 452 g/mol. The molecule has 0 unspecified atom stereocenters. The van der Waals surface area contributed by atoms with Gasteiger partial charge in [0.15, 0.2) is 0 Å². The van der Waals surface area contributed by atoms with Gasteiger partial charge < -0.3 is 5.32 Å². The van der Waals surface area contributed by atoms with Gasteiger partial charge in [0.25, 0.3) is 11.6 Å². The van der Waals surface area contributed by atoms with Crippen LogP contribution < -0.4 is 5.32 Å². The molecule has 33 heavy (non-hydrogen) atoms. The van der Waals surface area contributed by atoms with E-state index in [0.717, 1.165) is 12.1 Å². The van der Waals surface area contributed by atoms with Crippen molar-refractivity contribution in [1.29, 1.82) is 0 Å². The Morgan fingerprint density at radius 1 is 0.939 bits per heavy atom. The summed E-state index contributed by atoms with van der Waals surface area (Å²) in [4.78, 5) is 23.5. The number of carbonyl (C=O) groups excluding carboxylic acids is 1. The fourth-order valence-corrected chi connectivity index (χ4v) is 3.24. The zero-order valence-electron chi connectivity index (χ0n) is 16.8. The first-order valence-electron chi connectivity index (χ1n) is 9.61. The number of nitrogens with zero attached hydrogens (tertiary/aromatic N) is 3. The highest BCUT2D eigenvalue weighted by Crippen LogP contribution is 2.35. The molecule has 0 bridgehead atoms. The van der Waals surface area contributed by atoms with Crippen molar-refractivity contribution in [3.05, 3.63) is 106 Å². The predicted molar refractivity (Wildman–Crippen MR) is 115 cm³/mol. The van der Waals surface area contributed by atoms with Gasteiger partial charge >= 0.3 is 6.18 Å². The maximum atomic E-state index is 13.4. The molecule has 0 radical (unpaired) electrons. The highest BCUT2D eigenvalue weighted by Gasteiger charge is 2.34. The van der Waals surface area contributed by atoms with Crippen molar-refractivity contribution in [3.8, 4) is 16.9 Å². The third-order valence-corrected chi connectivity index (χ3v) is 4.81. The number of nitro groups is 1. The van der Waals surface area contributed by atoms with Crippen LogP contribution in [0.1, 0.15) is 15.9 Å². The first-order valence-corrected chi connectivity index (χ1v) is 9.61. The molecule has 0 aliphatic rings. The van der Waals surface area contributed by atoms with E-state index in [4.69, 9.17) is 0 Å². The minimum absolute atomic E-state index is 0.00434.